The topological polar surface area (TPSA) is 59.0 Å². The molecule has 0 aromatic carbocycles. The summed E-state index contributed by atoms with van der Waals surface area (Å²) in [5.41, 5.74) is 0. The molecule has 1 amide bonds. The molecule has 0 radical (unpaired) electrons. The molecule has 1 heterocycles. The molecule has 2 N–H and O–H groups in total. The van der Waals surface area contributed by atoms with Crippen LogP contribution in [-0.2, 0) is 17.9 Å². The minimum atomic E-state index is 0.0429. The highest BCUT2D eigenvalue weighted by Gasteiger charge is 2.09. The fourth-order valence-electron chi connectivity index (χ4n) is 1.79. The summed E-state index contributed by atoms with van der Waals surface area (Å²) in [6.07, 6.45) is 5.64. The van der Waals surface area contributed by atoms with E-state index in [1.165, 1.54) is 0 Å². The maximum absolute atomic E-state index is 11.8. The molecule has 1 atom stereocenters. The van der Waals surface area contributed by atoms with Gasteiger partial charge in [-0.3, -0.25) is 4.79 Å². The molecule has 0 saturated carbocycles. The van der Waals surface area contributed by atoms with Crippen LogP contribution < -0.4 is 10.6 Å². The summed E-state index contributed by atoms with van der Waals surface area (Å²) < 4.78 is 1.87. The van der Waals surface area contributed by atoms with Crippen LogP contribution in [0.1, 0.15) is 32.5 Å². The summed E-state index contributed by atoms with van der Waals surface area (Å²) >= 11 is 0. The fraction of sp³-hybridized carbons (Fsp3) is 0.667. The van der Waals surface area contributed by atoms with Crippen LogP contribution in [0, 0.1) is 0 Å². The predicted octanol–water partition coefficient (Wildman–Crippen LogP) is 0.907. The van der Waals surface area contributed by atoms with Crippen LogP contribution in [0.4, 0.5) is 0 Å². The molecule has 1 aromatic rings. The van der Waals surface area contributed by atoms with Gasteiger partial charge in [-0.05, 0) is 20.4 Å². The largest absolute Gasteiger partial charge is 0.352 e. The summed E-state index contributed by atoms with van der Waals surface area (Å²) in [4.78, 5) is 16.0. The summed E-state index contributed by atoms with van der Waals surface area (Å²) in [5.74, 6) is 0.923. The standard InChI is InChI=1S/C12H22N4O/c1-4-5-10(2)15-12(17)9-16-7-6-14-11(16)8-13-3/h6-7,10,13H,4-5,8-9H2,1-3H3,(H,15,17). The summed E-state index contributed by atoms with van der Waals surface area (Å²) in [6.45, 7) is 5.16. The van der Waals surface area contributed by atoms with Crippen LogP contribution in [0.25, 0.3) is 0 Å². The molecule has 0 aliphatic heterocycles. The molecule has 96 valence electrons. The van der Waals surface area contributed by atoms with Gasteiger partial charge in [0, 0.05) is 18.4 Å². The van der Waals surface area contributed by atoms with E-state index in [0.717, 1.165) is 18.7 Å². The number of amides is 1. The van der Waals surface area contributed by atoms with Gasteiger partial charge in [-0.2, -0.15) is 0 Å². The molecule has 0 aliphatic carbocycles. The Morgan fingerprint density at radius 3 is 3.00 bits per heavy atom. The second kappa shape index (κ2) is 7.06. The van der Waals surface area contributed by atoms with Gasteiger partial charge in [-0.25, -0.2) is 4.98 Å². The van der Waals surface area contributed by atoms with Crippen molar-refractivity contribution in [3.63, 3.8) is 0 Å². The number of carbonyl (C=O) groups excluding carboxylic acids is 1. The molecular weight excluding hydrogens is 216 g/mol. The summed E-state index contributed by atoms with van der Waals surface area (Å²) in [7, 11) is 1.86. The van der Waals surface area contributed by atoms with Crippen molar-refractivity contribution in [3.8, 4) is 0 Å². The zero-order valence-corrected chi connectivity index (χ0v) is 10.9. The Kier molecular flexibility index (Phi) is 5.69. The SMILES string of the molecule is CCCC(C)NC(=O)Cn1ccnc1CNC. The van der Waals surface area contributed by atoms with Gasteiger partial charge < -0.3 is 15.2 Å². The van der Waals surface area contributed by atoms with Crippen LogP contribution in [-0.4, -0.2) is 28.5 Å². The predicted molar refractivity (Wildman–Crippen MR) is 67.5 cm³/mol. The zero-order valence-electron chi connectivity index (χ0n) is 10.9. The van der Waals surface area contributed by atoms with Gasteiger partial charge in [0.2, 0.25) is 5.91 Å². The number of hydrogen-bond acceptors (Lipinski definition) is 3. The first-order valence-corrected chi connectivity index (χ1v) is 6.11. The first-order valence-electron chi connectivity index (χ1n) is 6.11. The molecule has 1 aromatic heterocycles. The molecular formula is C12H22N4O. The van der Waals surface area contributed by atoms with Gasteiger partial charge in [-0.15, -0.1) is 0 Å². The Bertz CT molecular complexity index is 348. The third kappa shape index (κ3) is 4.56. The molecule has 5 heteroatoms. The smallest absolute Gasteiger partial charge is 0.240 e. The lowest BCUT2D eigenvalue weighted by Crippen LogP contribution is -2.35. The first-order chi connectivity index (χ1) is 8.17. The van der Waals surface area contributed by atoms with Gasteiger partial charge in [0.05, 0.1) is 6.54 Å². The van der Waals surface area contributed by atoms with Gasteiger partial charge in [-0.1, -0.05) is 13.3 Å². The fourth-order valence-corrected chi connectivity index (χ4v) is 1.79. The lowest BCUT2D eigenvalue weighted by Gasteiger charge is -2.13. The minimum absolute atomic E-state index is 0.0429. The average molecular weight is 238 g/mol. The van der Waals surface area contributed by atoms with Crippen LogP contribution in [0.2, 0.25) is 0 Å². The first kappa shape index (κ1) is 13.7. The van der Waals surface area contributed by atoms with Crippen molar-refractivity contribution >= 4 is 5.91 Å². The number of nitrogens with zero attached hydrogens (tertiary/aromatic N) is 2. The van der Waals surface area contributed by atoms with Crippen molar-refractivity contribution in [2.75, 3.05) is 7.05 Å². The summed E-state index contributed by atoms with van der Waals surface area (Å²) in [5, 5.41) is 6.01. The third-order valence-corrected chi connectivity index (χ3v) is 2.58. The Hall–Kier alpha value is -1.36. The van der Waals surface area contributed by atoms with E-state index in [9.17, 15) is 4.79 Å². The van der Waals surface area contributed by atoms with Gasteiger partial charge >= 0.3 is 0 Å². The van der Waals surface area contributed by atoms with Gasteiger partial charge in [0.1, 0.15) is 12.4 Å². The molecule has 0 spiro atoms. The summed E-state index contributed by atoms with van der Waals surface area (Å²) in [6, 6.07) is 0.240. The lowest BCUT2D eigenvalue weighted by atomic mass is 10.2. The second-order valence-corrected chi connectivity index (χ2v) is 4.26. The second-order valence-electron chi connectivity index (χ2n) is 4.26. The van der Waals surface area contributed by atoms with E-state index in [4.69, 9.17) is 0 Å². The van der Waals surface area contributed by atoms with E-state index in [2.05, 4.69) is 22.5 Å². The number of nitrogens with one attached hydrogen (secondary N) is 2. The molecule has 1 rings (SSSR count). The highest BCUT2D eigenvalue weighted by Crippen LogP contribution is 1.99. The van der Waals surface area contributed by atoms with E-state index < -0.39 is 0 Å². The number of carbonyl (C=O) groups is 1. The van der Waals surface area contributed by atoms with Crippen molar-refractivity contribution in [3.05, 3.63) is 18.2 Å². The zero-order chi connectivity index (χ0) is 12.7. The van der Waals surface area contributed by atoms with Crippen LogP contribution in [0.3, 0.4) is 0 Å². The minimum Gasteiger partial charge on any atom is -0.352 e. The number of aromatic nitrogens is 2. The number of imidazole rings is 1. The highest BCUT2D eigenvalue weighted by atomic mass is 16.2. The number of hydrogen-bond donors (Lipinski definition) is 2. The van der Waals surface area contributed by atoms with E-state index >= 15 is 0 Å². The molecule has 0 aliphatic rings. The number of rotatable bonds is 7. The molecule has 17 heavy (non-hydrogen) atoms. The van der Waals surface area contributed by atoms with Crippen LogP contribution in [0.5, 0.6) is 0 Å². The van der Waals surface area contributed by atoms with E-state index in [1.54, 1.807) is 6.20 Å². The highest BCUT2D eigenvalue weighted by molar-refractivity contribution is 5.76. The molecule has 0 saturated heterocycles. The van der Waals surface area contributed by atoms with Crippen molar-refractivity contribution < 1.29 is 4.79 Å². The van der Waals surface area contributed by atoms with Crippen LogP contribution in [0.15, 0.2) is 12.4 Å². The third-order valence-electron chi connectivity index (χ3n) is 2.58. The average Bonchev–Trinajstić information content (AvgIpc) is 2.66. The Morgan fingerprint density at radius 2 is 2.35 bits per heavy atom. The molecule has 0 fully saturated rings. The van der Waals surface area contributed by atoms with E-state index in [-0.39, 0.29) is 11.9 Å². The van der Waals surface area contributed by atoms with E-state index in [1.807, 2.05) is 24.7 Å². The normalized spacial score (nSPS) is 12.4. The molecule has 0 bridgehead atoms. The van der Waals surface area contributed by atoms with E-state index in [0.29, 0.717) is 13.1 Å². The Balaban J connectivity index is 2.47. The van der Waals surface area contributed by atoms with Crippen molar-refractivity contribution in [1.29, 1.82) is 0 Å². The van der Waals surface area contributed by atoms with Crippen molar-refractivity contribution in [2.24, 2.45) is 0 Å². The Morgan fingerprint density at radius 1 is 1.59 bits per heavy atom. The van der Waals surface area contributed by atoms with Gasteiger partial charge in [0.25, 0.3) is 0 Å². The monoisotopic (exact) mass is 238 g/mol. The lowest BCUT2D eigenvalue weighted by molar-refractivity contribution is -0.122. The van der Waals surface area contributed by atoms with Gasteiger partial charge in [0.15, 0.2) is 0 Å². The van der Waals surface area contributed by atoms with Crippen molar-refractivity contribution in [1.82, 2.24) is 20.2 Å². The Labute approximate surface area is 103 Å². The molecule has 5 nitrogen and oxygen atoms in total. The van der Waals surface area contributed by atoms with Crippen molar-refractivity contribution in [2.45, 2.75) is 45.8 Å². The quantitative estimate of drug-likeness (QED) is 0.742. The maximum atomic E-state index is 11.8. The van der Waals surface area contributed by atoms with Crippen LogP contribution >= 0.6 is 0 Å². The maximum Gasteiger partial charge on any atom is 0.240 e. The molecule has 1 unspecified atom stereocenters.